The predicted molar refractivity (Wildman–Crippen MR) is 238 cm³/mol. The second-order valence-electron chi connectivity index (χ2n) is 19.6. The number of rotatable bonds is 5. The minimum atomic E-state index is -2.38. The van der Waals surface area contributed by atoms with Crippen LogP contribution in [-0.4, -0.2) is 126 Å². The highest BCUT2D eigenvalue weighted by atomic mass is 16.6. The molecule has 4 heterocycles. The van der Waals surface area contributed by atoms with E-state index in [1.54, 1.807) is 28.1 Å². The van der Waals surface area contributed by atoms with Crippen molar-refractivity contribution in [3.05, 3.63) is 47.6 Å². The summed E-state index contributed by atoms with van der Waals surface area (Å²) in [6.45, 7) is 11.6. The number of aliphatic hydroxyl groups is 3. The van der Waals surface area contributed by atoms with E-state index < -0.39 is 72.0 Å². The summed E-state index contributed by atoms with van der Waals surface area (Å²) in [6, 6.07) is -1.00. The molecule has 0 radical (unpaired) electrons. The Kier molecular flexibility index (Phi) is 18.5. The predicted octanol–water partition coefficient (Wildman–Crippen LogP) is 6.22. The molecule has 1 saturated carbocycles. The van der Waals surface area contributed by atoms with Gasteiger partial charge in [0.2, 0.25) is 5.79 Å². The van der Waals surface area contributed by atoms with Crippen molar-refractivity contribution in [2.75, 3.05) is 27.9 Å². The SMILES string of the molecule is CO[C@H]1C[C@@H]2CC[C@@H](C)[C@@](O)(O2)C(=O)C(=O)N2CCCC3[C@H]2C(=O)O[C@@H](CC[C@H](C)/C=C(\C)[C@@H](O)[C@@H](OC)C(=O)[C@H](C)C[C@H](C)/C=C/C=C/C=C/1C)[C@H]3C[C@H]1CC[C@@H](O)[C@H](OC)C1. The number of hydrogen-bond acceptors (Lipinski definition) is 12. The Bertz CT molecular complexity index is 1710. The third kappa shape index (κ3) is 12.3. The van der Waals surface area contributed by atoms with E-state index >= 15 is 0 Å². The van der Waals surface area contributed by atoms with Crippen LogP contribution in [0.5, 0.6) is 0 Å². The van der Waals surface area contributed by atoms with Gasteiger partial charge in [0.1, 0.15) is 24.4 Å². The monoisotopic (exact) mass is 884 g/mol. The van der Waals surface area contributed by atoms with Crippen molar-refractivity contribution in [1.29, 1.82) is 0 Å². The highest BCUT2D eigenvalue weighted by Crippen LogP contribution is 2.45. The largest absolute Gasteiger partial charge is 0.461 e. The molecule has 0 aromatic heterocycles. The van der Waals surface area contributed by atoms with Gasteiger partial charge in [-0.15, -0.1) is 0 Å². The number of ketones is 2. The number of carbonyl (C=O) groups excluding carboxylic acids is 4. The fourth-order valence-electron chi connectivity index (χ4n) is 11.1. The molecule has 4 aliphatic heterocycles. The molecule has 5 aliphatic rings. The molecule has 0 aromatic carbocycles. The first-order chi connectivity index (χ1) is 29.9. The molecule has 1 unspecified atom stereocenters. The number of fused-ring (bicyclic) bond motifs is 3. The lowest BCUT2D eigenvalue weighted by Gasteiger charge is -2.50. The lowest BCUT2D eigenvalue weighted by molar-refractivity contribution is -0.266. The number of methoxy groups -OCH3 is 3. The zero-order valence-electron chi connectivity index (χ0n) is 39.3. The van der Waals surface area contributed by atoms with Crippen LogP contribution in [-0.2, 0) is 42.9 Å². The number of allylic oxidation sites excluding steroid dienone is 6. The molecule has 63 heavy (non-hydrogen) atoms. The average molecular weight is 884 g/mol. The lowest BCUT2D eigenvalue weighted by Crippen LogP contribution is -2.65. The molecule has 16 atom stereocenters. The normalized spacial score (nSPS) is 43.6. The standard InChI is InChI=1S/C50H77NO12/c1-29-14-11-10-12-15-31(3)41(59-7)28-36-20-18-34(6)50(58,63-36)47(55)48(56)51-23-13-16-37-38(26-35-19-21-39(52)42(27-35)60-8)40(62-49(57)43(37)51)22-17-30(2)25-33(5)45(54)46(61-9)44(53)32(4)24-29/h10-12,14-15,25,29-30,32,34-43,45-46,52,54,58H,13,16-24,26-28H2,1-9H3/b12-10+,14-11+,31-15+,33-25+/t29-,30+,32-,34-,35-,36+,37?,38+,39-,40+,41+,42-,43+,45-,46+,50-/m1/s1. The number of Topliss-reactive ketones (excluding diaryl/α,β-unsaturated/α-hetero) is 2. The molecule has 0 aromatic rings. The van der Waals surface area contributed by atoms with Gasteiger partial charge < -0.3 is 43.9 Å². The van der Waals surface area contributed by atoms with Crippen molar-refractivity contribution in [3.63, 3.8) is 0 Å². The zero-order chi connectivity index (χ0) is 46.2. The maximum absolute atomic E-state index is 14.4. The van der Waals surface area contributed by atoms with Gasteiger partial charge >= 0.3 is 5.97 Å². The molecule has 4 fully saturated rings. The number of piperidine rings is 1. The second kappa shape index (κ2) is 22.9. The van der Waals surface area contributed by atoms with Crippen LogP contribution in [0.25, 0.3) is 0 Å². The van der Waals surface area contributed by atoms with Crippen molar-refractivity contribution >= 4 is 23.4 Å². The van der Waals surface area contributed by atoms with E-state index in [9.17, 15) is 34.5 Å². The first-order valence-electron chi connectivity index (χ1n) is 23.6. The van der Waals surface area contributed by atoms with Gasteiger partial charge in [-0.2, -0.15) is 0 Å². The Balaban J connectivity index is 1.48. The molecule has 1 aliphatic carbocycles. The fraction of sp³-hybridized carbons (Fsp3) is 0.760. The summed E-state index contributed by atoms with van der Waals surface area (Å²) in [5, 5.41) is 34.1. The van der Waals surface area contributed by atoms with Gasteiger partial charge in [-0.3, -0.25) is 14.4 Å². The summed E-state index contributed by atoms with van der Waals surface area (Å²) in [4.78, 5) is 58.0. The van der Waals surface area contributed by atoms with Gasteiger partial charge in [0.25, 0.3) is 11.7 Å². The number of aliphatic hydroxyl groups excluding tert-OH is 2. The molecule has 13 heteroatoms. The molecule has 6 bridgehead atoms. The summed E-state index contributed by atoms with van der Waals surface area (Å²) >= 11 is 0. The van der Waals surface area contributed by atoms with Gasteiger partial charge in [0.15, 0.2) is 5.78 Å². The minimum Gasteiger partial charge on any atom is -0.461 e. The van der Waals surface area contributed by atoms with Crippen molar-refractivity contribution in [3.8, 4) is 0 Å². The van der Waals surface area contributed by atoms with E-state index in [2.05, 4.69) is 0 Å². The molecule has 3 N–H and O–H groups in total. The molecule has 13 nitrogen and oxygen atoms in total. The van der Waals surface area contributed by atoms with E-state index in [0.29, 0.717) is 76.2 Å². The number of esters is 1. The highest BCUT2D eigenvalue weighted by molar-refractivity contribution is 6.39. The zero-order valence-corrected chi connectivity index (χ0v) is 39.3. The molecule has 5 rings (SSSR count). The number of carbonyl (C=O) groups is 4. The Morgan fingerprint density at radius 3 is 2.25 bits per heavy atom. The Labute approximate surface area is 375 Å². The molecule has 3 saturated heterocycles. The Morgan fingerprint density at radius 1 is 0.810 bits per heavy atom. The molecular weight excluding hydrogens is 807 g/mol. The summed E-state index contributed by atoms with van der Waals surface area (Å²) in [6.07, 6.45) is 14.2. The Hall–Kier alpha value is -3.04. The van der Waals surface area contributed by atoms with Crippen LogP contribution in [0.1, 0.15) is 119 Å². The maximum atomic E-state index is 14.4. The van der Waals surface area contributed by atoms with E-state index in [4.69, 9.17) is 23.7 Å². The summed E-state index contributed by atoms with van der Waals surface area (Å²) in [5.41, 5.74) is 1.52. The Morgan fingerprint density at radius 2 is 1.56 bits per heavy atom. The van der Waals surface area contributed by atoms with Crippen LogP contribution < -0.4 is 0 Å². The van der Waals surface area contributed by atoms with Crippen LogP contribution in [0.3, 0.4) is 0 Å². The van der Waals surface area contributed by atoms with Crippen LogP contribution in [0.2, 0.25) is 0 Å². The number of ether oxygens (including phenoxy) is 5. The van der Waals surface area contributed by atoms with Gasteiger partial charge in [0, 0.05) is 52.0 Å². The van der Waals surface area contributed by atoms with Crippen LogP contribution in [0.4, 0.5) is 0 Å². The average Bonchev–Trinajstić information content (AvgIpc) is 3.26. The fourth-order valence-corrected chi connectivity index (χ4v) is 11.1. The molecule has 1 amide bonds. The van der Waals surface area contributed by atoms with Gasteiger partial charge in [-0.1, -0.05) is 64.2 Å². The molecule has 0 spiro atoms. The molecular formula is C50H77NO12. The molecule has 354 valence electrons. The van der Waals surface area contributed by atoms with Crippen molar-refractivity contribution < 1.29 is 58.2 Å². The smallest absolute Gasteiger partial charge is 0.329 e. The summed E-state index contributed by atoms with van der Waals surface area (Å²) in [7, 11) is 4.65. The van der Waals surface area contributed by atoms with Crippen LogP contribution >= 0.6 is 0 Å². The van der Waals surface area contributed by atoms with Crippen LogP contribution in [0.15, 0.2) is 47.6 Å². The van der Waals surface area contributed by atoms with E-state index in [-0.39, 0.29) is 53.9 Å². The summed E-state index contributed by atoms with van der Waals surface area (Å²) in [5.74, 6) is -6.42. The lowest BCUT2D eigenvalue weighted by atomic mass is 9.68. The van der Waals surface area contributed by atoms with Crippen molar-refractivity contribution in [2.24, 2.45) is 41.4 Å². The maximum Gasteiger partial charge on any atom is 0.329 e. The van der Waals surface area contributed by atoms with Crippen molar-refractivity contribution in [1.82, 2.24) is 4.90 Å². The van der Waals surface area contributed by atoms with Crippen molar-refractivity contribution in [2.45, 2.75) is 173 Å². The highest BCUT2D eigenvalue weighted by Gasteiger charge is 2.56. The van der Waals surface area contributed by atoms with E-state index in [0.717, 1.165) is 12.0 Å². The van der Waals surface area contributed by atoms with Crippen LogP contribution in [0, 0.1) is 41.4 Å². The first kappa shape index (κ1) is 51.0. The number of hydrogen-bond donors (Lipinski definition) is 3. The second-order valence-corrected chi connectivity index (χ2v) is 19.6. The first-order valence-corrected chi connectivity index (χ1v) is 23.6. The third-order valence-electron chi connectivity index (χ3n) is 14.9. The quantitative estimate of drug-likeness (QED) is 0.162. The van der Waals surface area contributed by atoms with E-state index in [1.165, 1.54) is 12.0 Å². The topological polar surface area (TPSA) is 178 Å². The van der Waals surface area contributed by atoms with Gasteiger partial charge in [0.05, 0.1) is 24.4 Å². The third-order valence-corrected chi connectivity index (χ3v) is 14.9. The van der Waals surface area contributed by atoms with Gasteiger partial charge in [-0.25, -0.2) is 4.79 Å². The summed E-state index contributed by atoms with van der Waals surface area (Å²) < 4.78 is 29.7. The van der Waals surface area contributed by atoms with Gasteiger partial charge in [-0.05, 0) is 119 Å². The minimum absolute atomic E-state index is 0.0550. The van der Waals surface area contributed by atoms with E-state index in [1.807, 2.05) is 64.2 Å². The number of amides is 1. The number of nitrogens with zero attached hydrogens (tertiary/aromatic N) is 1.